The monoisotopic (exact) mass is 424 g/mol. The van der Waals surface area contributed by atoms with Gasteiger partial charge >= 0.3 is 6.03 Å². The molecule has 1 aromatic heterocycles. The van der Waals surface area contributed by atoms with Crippen molar-refractivity contribution in [2.24, 2.45) is 11.8 Å². The van der Waals surface area contributed by atoms with Gasteiger partial charge in [0, 0.05) is 25.5 Å². The minimum Gasteiger partial charge on any atom is -0.497 e. The van der Waals surface area contributed by atoms with Crippen LogP contribution in [0.4, 0.5) is 10.5 Å². The lowest BCUT2D eigenvalue weighted by Gasteiger charge is -2.37. The quantitative estimate of drug-likeness (QED) is 0.797. The molecule has 2 aromatic rings. The van der Waals surface area contributed by atoms with Crippen molar-refractivity contribution in [1.82, 2.24) is 15.2 Å². The first kappa shape index (κ1) is 22.3. The highest BCUT2D eigenvalue weighted by Gasteiger charge is 2.32. The number of pyridine rings is 1. The number of likely N-dealkylation sites (tertiary alicyclic amines) is 1. The van der Waals surface area contributed by atoms with Crippen molar-refractivity contribution in [2.75, 3.05) is 31.6 Å². The Morgan fingerprint density at radius 2 is 1.81 bits per heavy atom. The van der Waals surface area contributed by atoms with E-state index in [2.05, 4.69) is 24.1 Å². The van der Waals surface area contributed by atoms with E-state index in [0.29, 0.717) is 41.9 Å². The number of urea groups is 1. The molecular formula is C23H28N4O4. The molecule has 2 heterocycles. The zero-order valence-corrected chi connectivity index (χ0v) is 18.1. The molecule has 0 spiro atoms. The lowest BCUT2D eigenvalue weighted by atomic mass is 9.92. The molecule has 1 saturated heterocycles. The number of carbonyl (C=O) groups is 3. The van der Waals surface area contributed by atoms with Gasteiger partial charge < -0.3 is 15.0 Å². The van der Waals surface area contributed by atoms with Crippen molar-refractivity contribution in [3.05, 3.63) is 54.4 Å². The summed E-state index contributed by atoms with van der Waals surface area (Å²) in [6.07, 6.45) is 4.02. The Kier molecular flexibility index (Phi) is 7.23. The Hall–Kier alpha value is -3.42. The third kappa shape index (κ3) is 5.59. The molecular weight excluding hydrogens is 396 g/mol. The van der Waals surface area contributed by atoms with Crippen molar-refractivity contribution >= 4 is 23.5 Å². The first-order valence-corrected chi connectivity index (χ1v) is 10.3. The van der Waals surface area contributed by atoms with Gasteiger partial charge in [0.25, 0.3) is 11.8 Å². The van der Waals surface area contributed by atoms with Crippen LogP contribution >= 0.6 is 0 Å². The number of methoxy groups -OCH3 is 1. The molecule has 1 aliphatic rings. The number of nitrogens with zero attached hydrogens (tertiary/aromatic N) is 3. The van der Waals surface area contributed by atoms with E-state index in [9.17, 15) is 14.4 Å². The van der Waals surface area contributed by atoms with Gasteiger partial charge in [-0.25, -0.2) is 9.69 Å². The van der Waals surface area contributed by atoms with E-state index in [4.69, 9.17) is 4.74 Å². The number of hydrogen-bond donors (Lipinski definition) is 1. The smallest absolute Gasteiger partial charge is 0.331 e. The molecule has 0 unspecified atom stereocenters. The minimum atomic E-state index is -0.515. The van der Waals surface area contributed by atoms with Crippen LogP contribution in [-0.4, -0.2) is 54.5 Å². The van der Waals surface area contributed by atoms with Crippen molar-refractivity contribution in [2.45, 2.75) is 20.3 Å². The topological polar surface area (TPSA) is 91.8 Å². The molecule has 0 radical (unpaired) electrons. The zero-order chi connectivity index (χ0) is 22.4. The summed E-state index contributed by atoms with van der Waals surface area (Å²) in [6.45, 7) is 5.06. The number of benzene rings is 1. The molecule has 31 heavy (non-hydrogen) atoms. The number of rotatable bonds is 5. The second kappa shape index (κ2) is 10.1. The largest absolute Gasteiger partial charge is 0.497 e. The van der Waals surface area contributed by atoms with Crippen LogP contribution in [0.15, 0.2) is 48.8 Å². The summed E-state index contributed by atoms with van der Waals surface area (Å²) in [5, 5.41) is 2.58. The molecule has 1 N–H and O–H groups in total. The van der Waals surface area contributed by atoms with Gasteiger partial charge in [0.15, 0.2) is 0 Å². The normalized spacial score (nSPS) is 18.2. The van der Waals surface area contributed by atoms with Crippen LogP contribution in [0.3, 0.4) is 0 Å². The summed E-state index contributed by atoms with van der Waals surface area (Å²) in [4.78, 5) is 45.5. The molecule has 2 atom stereocenters. The maximum absolute atomic E-state index is 13.4. The standard InChI is InChI=1S/C23H28N4O4/c1-16-11-17(2)15-26(14-16)23(30)27(19-6-8-20(31-3)9-7-19)21(28)13-25-22(29)18-5-4-10-24-12-18/h4-10,12,16-17H,11,13-15H2,1-3H3,(H,25,29)/t16-,17+. The van der Waals surface area contributed by atoms with Gasteiger partial charge in [-0.05, 0) is 54.7 Å². The fourth-order valence-corrected chi connectivity index (χ4v) is 3.89. The molecule has 4 amide bonds. The second-order valence-corrected chi connectivity index (χ2v) is 7.99. The van der Waals surface area contributed by atoms with E-state index >= 15 is 0 Å². The number of hydrogen-bond acceptors (Lipinski definition) is 5. The Balaban J connectivity index is 1.79. The van der Waals surface area contributed by atoms with Gasteiger partial charge in [-0.15, -0.1) is 0 Å². The number of carbonyl (C=O) groups excluding carboxylic acids is 3. The average molecular weight is 425 g/mol. The van der Waals surface area contributed by atoms with E-state index in [1.807, 2.05) is 0 Å². The maximum atomic E-state index is 13.4. The number of piperidine rings is 1. The maximum Gasteiger partial charge on any atom is 0.331 e. The molecule has 1 aromatic carbocycles. The zero-order valence-electron chi connectivity index (χ0n) is 18.1. The van der Waals surface area contributed by atoms with Crippen LogP contribution in [0.2, 0.25) is 0 Å². The van der Waals surface area contributed by atoms with Crippen molar-refractivity contribution in [3.63, 3.8) is 0 Å². The van der Waals surface area contributed by atoms with Crippen molar-refractivity contribution in [1.29, 1.82) is 0 Å². The van der Waals surface area contributed by atoms with E-state index in [0.717, 1.165) is 11.3 Å². The van der Waals surface area contributed by atoms with E-state index in [-0.39, 0.29) is 12.6 Å². The predicted molar refractivity (Wildman–Crippen MR) is 117 cm³/mol. The Morgan fingerprint density at radius 1 is 1.13 bits per heavy atom. The molecule has 0 bridgehead atoms. The van der Waals surface area contributed by atoms with Crippen LogP contribution in [0.25, 0.3) is 0 Å². The summed E-state index contributed by atoms with van der Waals surface area (Å²) in [6, 6.07) is 9.57. The third-order valence-electron chi connectivity index (χ3n) is 5.23. The SMILES string of the molecule is COc1ccc(N(C(=O)CNC(=O)c2cccnc2)C(=O)N2C[C@H](C)C[C@H](C)C2)cc1. The lowest BCUT2D eigenvalue weighted by Crippen LogP contribution is -2.53. The molecule has 3 rings (SSSR count). The molecule has 1 aliphatic heterocycles. The van der Waals surface area contributed by atoms with Crippen LogP contribution < -0.4 is 15.0 Å². The number of imide groups is 1. The van der Waals surface area contributed by atoms with Crippen molar-refractivity contribution < 1.29 is 19.1 Å². The van der Waals surface area contributed by atoms with Crippen LogP contribution in [0, 0.1) is 11.8 Å². The summed E-state index contributed by atoms with van der Waals surface area (Å²) in [5.74, 6) is 0.382. The Labute approximate surface area is 182 Å². The first-order chi connectivity index (χ1) is 14.9. The van der Waals surface area contributed by atoms with E-state index in [1.165, 1.54) is 6.20 Å². The number of nitrogens with one attached hydrogen (secondary N) is 1. The number of aromatic nitrogens is 1. The molecule has 164 valence electrons. The predicted octanol–water partition coefficient (Wildman–Crippen LogP) is 2.95. The van der Waals surface area contributed by atoms with Crippen LogP contribution in [-0.2, 0) is 4.79 Å². The van der Waals surface area contributed by atoms with Gasteiger partial charge in [-0.2, -0.15) is 0 Å². The lowest BCUT2D eigenvalue weighted by molar-refractivity contribution is -0.117. The molecule has 8 heteroatoms. The van der Waals surface area contributed by atoms with Gasteiger partial charge in [-0.3, -0.25) is 14.6 Å². The average Bonchev–Trinajstić information content (AvgIpc) is 2.78. The van der Waals surface area contributed by atoms with Gasteiger partial charge in [-0.1, -0.05) is 13.8 Å². The number of anilines is 1. The second-order valence-electron chi connectivity index (χ2n) is 7.99. The van der Waals surface area contributed by atoms with Gasteiger partial charge in [0.05, 0.1) is 24.9 Å². The number of amides is 4. The summed E-state index contributed by atoms with van der Waals surface area (Å²) in [7, 11) is 1.55. The molecule has 0 saturated carbocycles. The van der Waals surface area contributed by atoms with Gasteiger partial charge in [0.2, 0.25) is 0 Å². The van der Waals surface area contributed by atoms with E-state index in [1.54, 1.807) is 54.6 Å². The van der Waals surface area contributed by atoms with E-state index < -0.39 is 11.8 Å². The highest BCUT2D eigenvalue weighted by Crippen LogP contribution is 2.25. The first-order valence-electron chi connectivity index (χ1n) is 10.3. The molecule has 0 aliphatic carbocycles. The Morgan fingerprint density at radius 3 is 2.39 bits per heavy atom. The summed E-state index contributed by atoms with van der Waals surface area (Å²) >= 11 is 0. The van der Waals surface area contributed by atoms with Crippen molar-refractivity contribution in [3.8, 4) is 5.75 Å². The van der Waals surface area contributed by atoms with Gasteiger partial charge in [0.1, 0.15) is 5.75 Å². The fourth-order valence-electron chi connectivity index (χ4n) is 3.89. The third-order valence-corrected chi connectivity index (χ3v) is 5.23. The highest BCUT2D eigenvalue weighted by molar-refractivity contribution is 6.15. The minimum absolute atomic E-state index is 0.315. The number of ether oxygens (including phenoxy) is 1. The summed E-state index contributed by atoms with van der Waals surface area (Å²) in [5.41, 5.74) is 0.772. The Bertz CT molecular complexity index is 907. The van der Waals surface area contributed by atoms with Crippen LogP contribution in [0.1, 0.15) is 30.6 Å². The molecule has 8 nitrogen and oxygen atoms in total. The highest BCUT2D eigenvalue weighted by atomic mass is 16.5. The molecule has 1 fully saturated rings. The van der Waals surface area contributed by atoms with Crippen LogP contribution in [0.5, 0.6) is 5.75 Å². The summed E-state index contributed by atoms with van der Waals surface area (Å²) < 4.78 is 5.18. The fraction of sp³-hybridized carbons (Fsp3) is 0.391.